The molecular formula is C29H33F3N2OS. The summed E-state index contributed by atoms with van der Waals surface area (Å²) >= 11 is -0.185. The van der Waals surface area contributed by atoms with Gasteiger partial charge in [-0.2, -0.15) is 9.15 Å². The summed E-state index contributed by atoms with van der Waals surface area (Å²) in [6.07, 6.45) is 8.46. The van der Waals surface area contributed by atoms with E-state index in [0.717, 1.165) is 68.6 Å². The molecule has 0 bridgehead atoms. The molecule has 0 saturated heterocycles. The zero-order valence-electron chi connectivity index (χ0n) is 20.7. The molecule has 0 aliphatic heterocycles. The normalized spacial score (nSPS) is 24.2. The number of rotatable bonds is 7. The highest BCUT2D eigenvalue weighted by Gasteiger charge is 2.34. The Morgan fingerprint density at radius 2 is 1.78 bits per heavy atom. The van der Waals surface area contributed by atoms with Gasteiger partial charge in [0.15, 0.2) is 0 Å². The average molecular weight is 515 g/mol. The molecule has 2 unspecified atom stereocenters. The molecule has 1 N–H and O–H groups in total. The number of hydrogen-bond donors (Lipinski definition) is 1. The number of nitrogens with one attached hydrogen (secondary N) is 1. The van der Waals surface area contributed by atoms with Crippen molar-refractivity contribution in [1.29, 1.82) is 5.26 Å². The lowest BCUT2D eigenvalue weighted by Crippen LogP contribution is -2.31. The maximum atomic E-state index is 15.1. The fourth-order valence-electron chi connectivity index (χ4n) is 5.98. The number of carbonyl (C=O) groups excluding carboxylic acids is 1. The van der Waals surface area contributed by atoms with E-state index in [1.807, 2.05) is 13.0 Å². The number of amides is 1. The molecule has 2 aromatic carbocycles. The first-order valence-electron chi connectivity index (χ1n) is 13.0. The second-order valence-corrected chi connectivity index (χ2v) is 10.9. The molecule has 192 valence electrons. The summed E-state index contributed by atoms with van der Waals surface area (Å²) in [4.78, 5) is 13.2. The first-order chi connectivity index (χ1) is 17.4. The van der Waals surface area contributed by atoms with E-state index in [0.29, 0.717) is 30.0 Å². The predicted octanol–water partition coefficient (Wildman–Crippen LogP) is 8.29. The van der Waals surface area contributed by atoms with E-state index in [9.17, 15) is 18.3 Å². The van der Waals surface area contributed by atoms with Crippen LogP contribution in [0.5, 0.6) is 0 Å². The van der Waals surface area contributed by atoms with Crippen LogP contribution in [0.1, 0.15) is 80.9 Å². The third-order valence-electron chi connectivity index (χ3n) is 8.01. The summed E-state index contributed by atoms with van der Waals surface area (Å²) < 4.78 is 41.8. The quantitative estimate of drug-likeness (QED) is 0.404. The summed E-state index contributed by atoms with van der Waals surface area (Å²) in [7, 11) is 0. The summed E-state index contributed by atoms with van der Waals surface area (Å²) in [6.45, 7) is 2.01. The van der Waals surface area contributed by atoms with Gasteiger partial charge in [-0.3, -0.25) is 4.79 Å². The van der Waals surface area contributed by atoms with Crippen LogP contribution in [-0.4, -0.2) is 5.91 Å². The molecule has 3 nitrogen and oxygen atoms in total. The first kappa shape index (κ1) is 26.6. The fourth-order valence-corrected chi connectivity index (χ4v) is 6.30. The van der Waals surface area contributed by atoms with Crippen molar-refractivity contribution in [3.05, 3.63) is 58.7 Å². The maximum Gasteiger partial charge on any atom is 0.228 e. The highest BCUT2D eigenvalue weighted by molar-refractivity contribution is 7.94. The second kappa shape index (κ2) is 12.2. The molecule has 2 aliphatic rings. The van der Waals surface area contributed by atoms with Crippen LogP contribution in [0.15, 0.2) is 35.2 Å². The van der Waals surface area contributed by atoms with Crippen molar-refractivity contribution >= 4 is 23.7 Å². The maximum absolute atomic E-state index is 15.1. The van der Waals surface area contributed by atoms with Gasteiger partial charge in [0.1, 0.15) is 11.6 Å². The van der Waals surface area contributed by atoms with Crippen molar-refractivity contribution in [2.24, 2.45) is 17.8 Å². The van der Waals surface area contributed by atoms with Gasteiger partial charge in [0.2, 0.25) is 5.91 Å². The fraction of sp³-hybridized carbons (Fsp3) is 0.517. The number of hydrogen-bond acceptors (Lipinski definition) is 3. The molecule has 0 heterocycles. The van der Waals surface area contributed by atoms with Crippen molar-refractivity contribution in [3.63, 3.8) is 0 Å². The second-order valence-electron chi connectivity index (χ2n) is 10.3. The van der Waals surface area contributed by atoms with Gasteiger partial charge in [-0.05, 0) is 104 Å². The summed E-state index contributed by atoms with van der Waals surface area (Å²) in [5.74, 6) is -0.843. The minimum absolute atomic E-state index is 0.0298. The van der Waals surface area contributed by atoms with E-state index in [1.165, 1.54) is 12.1 Å². The molecule has 2 aromatic rings. The summed E-state index contributed by atoms with van der Waals surface area (Å²) in [5.41, 5.74) is 3.07. The molecule has 0 spiro atoms. The van der Waals surface area contributed by atoms with Crippen LogP contribution < -0.4 is 5.32 Å². The highest BCUT2D eigenvalue weighted by atomic mass is 32.2. The minimum Gasteiger partial charge on any atom is -0.326 e. The van der Waals surface area contributed by atoms with Gasteiger partial charge in [-0.1, -0.05) is 25.8 Å². The van der Waals surface area contributed by atoms with E-state index < -0.39 is 5.82 Å². The van der Waals surface area contributed by atoms with Crippen LogP contribution in [-0.2, 0) is 17.6 Å². The topological polar surface area (TPSA) is 52.9 Å². The third-order valence-corrected chi connectivity index (χ3v) is 8.49. The molecule has 4 rings (SSSR count). The molecule has 0 aromatic heterocycles. The van der Waals surface area contributed by atoms with E-state index in [1.54, 1.807) is 6.07 Å². The zero-order chi connectivity index (χ0) is 25.7. The number of nitrogens with zero attached hydrogens (tertiary/aromatic N) is 1. The summed E-state index contributed by atoms with van der Waals surface area (Å²) in [6, 6.07) is 9.92. The van der Waals surface area contributed by atoms with Crippen molar-refractivity contribution in [3.8, 4) is 6.07 Å². The molecule has 0 radical (unpaired) electrons. The molecule has 1 amide bonds. The average Bonchev–Trinajstić information content (AvgIpc) is 2.91. The largest absolute Gasteiger partial charge is 0.326 e. The standard InChI is InChI=1S/C29H33F3N2OS/c1-2-20-15-27(31)21(13-18-7-9-19(17-33)10-8-18)14-25(20)23-5-3-4-6-24(23)29(35)34-22-11-12-26(30)28(16-22)36-32/h11-12,14-16,18-19,23-24H,2-10,13H2,1H3,(H,34,35). The van der Waals surface area contributed by atoms with Gasteiger partial charge in [0.05, 0.1) is 23.1 Å². The molecule has 2 atom stereocenters. The Morgan fingerprint density at radius 3 is 2.47 bits per heavy atom. The van der Waals surface area contributed by atoms with Crippen LogP contribution in [0, 0.1) is 40.7 Å². The predicted molar refractivity (Wildman–Crippen MR) is 137 cm³/mol. The van der Waals surface area contributed by atoms with Crippen LogP contribution in [0.3, 0.4) is 0 Å². The number of benzene rings is 2. The number of nitriles is 1. The third kappa shape index (κ3) is 6.08. The Morgan fingerprint density at radius 1 is 1.03 bits per heavy atom. The number of carbonyl (C=O) groups is 1. The van der Waals surface area contributed by atoms with Crippen molar-refractivity contribution in [2.45, 2.75) is 81.9 Å². The molecule has 36 heavy (non-hydrogen) atoms. The van der Waals surface area contributed by atoms with Crippen LogP contribution in [0.25, 0.3) is 0 Å². The summed E-state index contributed by atoms with van der Waals surface area (Å²) in [5, 5.41) is 12.0. The van der Waals surface area contributed by atoms with Gasteiger partial charge in [0.25, 0.3) is 0 Å². The first-order valence-corrected chi connectivity index (χ1v) is 13.7. The Hall–Kier alpha value is -2.46. The van der Waals surface area contributed by atoms with Crippen LogP contribution >= 0.6 is 12.1 Å². The Balaban J connectivity index is 1.56. The highest BCUT2D eigenvalue weighted by Crippen LogP contribution is 2.42. The van der Waals surface area contributed by atoms with Crippen molar-refractivity contribution in [1.82, 2.24) is 0 Å². The monoisotopic (exact) mass is 514 g/mol. The SMILES string of the molecule is CCc1cc(F)c(CC2CCC(C#N)CC2)cc1C1CCCCC1C(=O)Nc1ccc(F)c(SF)c1. The smallest absolute Gasteiger partial charge is 0.228 e. The van der Waals surface area contributed by atoms with E-state index in [4.69, 9.17) is 0 Å². The lowest BCUT2D eigenvalue weighted by molar-refractivity contribution is -0.121. The number of anilines is 1. The Bertz CT molecular complexity index is 1120. The Kier molecular flexibility index (Phi) is 9.00. The Labute approximate surface area is 216 Å². The number of aryl methyl sites for hydroxylation is 1. The van der Waals surface area contributed by atoms with E-state index in [2.05, 4.69) is 11.4 Å². The zero-order valence-corrected chi connectivity index (χ0v) is 21.5. The van der Waals surface area contributed by atoms with Gasteiger partial charge < -0.3 is 5.32 Å². The van der Waals surface area contributed by atoms with Gasteiger partial charge in [-0.25, -0.2) is 8.78 Å². The number of halogens is 3. The molecular weight excluding hydrogens is 481 g/mol. The lowest BCUT2D eigenvalue weighted by atomic mass is 9.72. The molecule has 2 saturated carbocycles. The van der Waals surface area contributed by atoms with Crippen LogP contribution in [0.4, 0.5) is 18.4 Å². The molecule has 7 heteroatoms. The van der Waals surface area contributed by atoms with Gasteiger partial charge in [-0.15, -0.1) is 0 Å². The lowest BCUT2D eigenvalue weighted by Gasteiger charge is -2.33. The van der Waals surface area contributed by atoms with Gasteiger partial charge in [0, 0.05) is 17.5 Å². The van der Waals surface area contributed by atoms with Gasteiger partial charge >= 0.3 is 0 Å². The van der Waals surface area contributed by atoms with E-state index >= 15 is 4.39 Å². The molecule has 2 aliphatic carbocycles. The molecule has 2 fully saturated rings. The van der Waals surface area contributed by atoms with E-state index in [-0.39, 0.29) is 46.5 Å². The van der Waals surface area contributed by atoms with Crippen LogP contribution in [0.2, 0.25) is 0 Å². The van der Waals surface area contributed by atoms with Crippen molar-refractivity contribution in [2.75, 3.05) is 5.32 Å². The van der Waals surface area contributed by atoms with Crippen molar-refractivity contribution < 1.29 is 17.5 Å². The minimum atomic E-state index is -0.663.